The van der Waals surface area contributed by atoms with Gasteiger partial charge in [0.2, 0.25) is 0 Å². The highest BCUT2D eigenvalue weighted by Crippen LogP contribution is 2.26. The molecule has 0 saturated heterocycles. The third-order valence-electron chi connectivity index (χ3n) is 9.24. The average molecular weight is 654 g/mol. The molecule has 0 aliphatic heterocycles. The minimum absolute atomic E-state index is 0.0294. The van der Waals surface area contributed by atoms with E-state index in [0.29, 0.717) is 19.6 Å². The Labute approximate surface area is 286 Å². The Morgan fingerprint density at radius 2 is 1.09 bits per heavy atom. The SMILES string of the molecule is CCCCCCCCCOC(=O)CCCCCCCN(CCCO)CCCCCCC(C)(C)C(=O)OCCCCCCCC(C)C. The van der Waals surface area contributed by atoms with Crippen LogP contribution < -0.4 is 0 Å². The van der Waals surface area contributed by atoms with E-state index in [9.17, 15) is 14.7 Å². The highest BCUT2D eigenvalue weighted by molar-refractivity contribution is 5.75. The second-order valence-corrected chi connectivity index (χ2v) is 14.9. The van der Waals surface area contributed by atoms with Gasteiger partial charge in [0.15, 0.2) is 0 Å². The normalized spacial score (nSPS) is 11.9. The molecule has 0 bridgehead atoms. The fourth-order valence-corrected chi connectivity index (χ4v) is 5.99. The first-order chi connectivity index (χ1) is 22.2. The van der Waals surface area contributed by atoms with E-state index in [1.807, 2.05) is 13.8 Å². The second kappa shape index (κ2) is 32.4. The Balaban J connectivity index is 3.85. The molecule has 6 heteroatoms. The molecule has 6 nitrogen and oxygen atoms in total. The smallest absolute Gasteiger partial charge is 0.311 e. The van der Waals surface area contributed by atoms with Crippen molar-refractivity contribution in [2.24, 2.45) is 11.3 Å². The van der Waals surface area contributed by atoms with Gasteiger partial charge in [0.25, 0.3) is 0 Å². The summed E-state index contributed by atoms with van der Waals surface area (Å²) >= 11 is 0. The number of nitrogens with zero attached hydrogens (tertiary/aromatic N) is 1. The number of rotatable bonds is 35. The van der Waals surface area contributed by atoms with Crippen molar-refractivity contribution in [2.45, 2.75) is 195 Å². The Bertz CT molecular complexity index is 681. The second-order valence-electron chi connectivity index (χ2n) is 14.9. The van der Waals surface area contributed by atoms with E-state index in [2.05, 4.69) is 25.7 Å². The summed E-state index contributed by atoms with van der Waals surface area (Å²) in [4.78, 5) is 27.1. The van der Waals surface area contributed by atoms with Crippen molar-refractivity contribution in [3.63, 3.8) is 0 Å². The topological polar surface area (TPSA) is 76.1 Å². The van der Waals surface area contributed by atoms with Crippen molar-refractivity contribution in [3.05, 3.63) is 0 Å². The van der Waals surface area contributed by atoms with Crippen LogP contribution in [0.3, 0.4) is 0 Å². The molecule has 0 saturated carbocycles. The number of aliphatic hydroxyl groups is 1. The van der Waals surface area contributed by atoms with Crippen LogP contribution in [-0.2, 0) is 19.1 Å². The number of unbranched alkanes of at least 4 members (excludes halogenated alkanes) is 17. The Kier molecular flexibility index (Phi) is 31.6. The van der Waals surface area contributed by atoms with Gasteiger partial charge in [0.1, 0.15) is 0 Å². The molecule has 0 unspecified atom stereocenters. The zero-order valence-corrected chi connectivity index (χ0v) is 31.5. The minimum atomic E-state index is -0.405. The molecule has 0 aliphatic carbocycles. The number of carbonyl (C=O) groups excluding carboxylic acids is 2. The fraction of sp³-hybridized carbons (Fsp3) is 0.950. The molecule has 0 spiro atoms. The monoisotopic (exact) mass is 654 g/mol. The van der Waals surface area contributed by atoms with Gasteiger partial charge in [-0.25, -0.2) is 0 Å². The lowest BCUT2D eigenvalue weighted by atomic mass is 9.87. The summed E-state index contributed by atoms with van der Waals surface area (Å²) in [6.07, 6.45) is 28.3. The van der Waals surface area contributed by atoms with E-state index in [-0.39, 0.29) is 18.5 Å². The third kappa shape index (κ3) is 30.2. The predicted octanol–water partition coefficient (Wildman–Crippen LogP) is 10.8. The van der Waals surface area contributed by atoms with Crippen LogP contribution in [0.4, 0.5) is 0 Å². The maximum Gasteiger partial charge on any atom is 0.311 e. The molecule has 0 radical (unpaired) electrons. The molecule has 274 valence electrons. The van der Waals surface area contributed by atoms with E-state index in [1.54, 1.807) is 0 Å². The molecule has 0 fully saturated rings. The quantitative estimate of drug-likeness (QED) is 0.0542. The van der Waals surface area contributed by atoms with Crippen LogP contribution in [0, 0.1) is 11.3 Å². The zero-order chi connectivity index (χ0) is 34.1. The summed E-state index contributed by atoms with van der Waals surface area (Å²) in [6.45, 7) is 15.4. The number of hydrogen-bond donors (Lipinski definition) is 1. The molecule has 0 aromatic rings. The molecule has 0 aromatic carbocycles. The third-order valence-corrected chi connectivity index (χ3v) is 9.24. The Morgan fingerprint density at radius 3 is 1.67 bits per heavy atom. The molecule has 46 heavy (non-hydrogen) atoms. The Hall–Kier alpha value is -1.14. The molecule has 0 aliphatic rings. The summed E-state index contributed by atoms with van der Waals surface area (Å²) in [6, 6.07) is 0. The largest absolute Gasteiger partial charge is 0.466 e. The van der Waals surface area contributed by atoms with E-state index in [0.717, 1.165) is 96.2 Å². The number of carbonyl (C=O) groups is 2. The van der Waals surface area contributed by atoms with Crippen molar-refractivity contribution >= 4 is 11.9 Å². The molecule has 0 atom stereocenters. The van der Waals surface area contributed by atoms with Crippen molar-refractivity contribution < 1.29 is 24.2 Å². The molecule has 1 N–H and O–H groups in total. The zero-order valence-electron chi connectivity index (χ0n) is 31.5. The van der Waals surface area contributed by atoms with Gasteiger partial charge in [-0.3, -0.25) is 9.59 Å². The van der Waals surface area contributed by atoms with Crippen LogP contribution in [0.2, 0.25) is 0 Å². The first-order valence-electron chi connectivity index (χ1n) is 19.9. The van der Waals surface area contributed by atoms with Crippen LogP contribution in [0.25, 0.3) is 0 Å². The predicted molar refractivity (Wildman–Crippen MR) is 195 cm³/mol. The van der Waals surface area contributed by atoms with Gasteiger partial charge >= 0.3 is 11.9 Å². The van der Waals surface area contributed by atoms with Gasteiger partial charge in [0.05, 0.1) is 18.6 Å². The van der Waals surface area contributed by atoms with Crippen LogP contribution in [0.1, 0.15) is 195 Å². The summed E-state index contributed by atoms with van der Waals surface area (Å²) in [5.41, 5.74) is -0.405. The lowest BCUT2D eigenvalue weighted by molar-refractivity contribution is -0.154. The van der Waals surface area contributed by atoms with Crippen LogP contribution in [-0.4, -0.2) is 61.4 Å². The van der Waals surface area contributed by atoms with Crippen molar-refractivity contribution in [1.29, 1.82) is 0 Å². The summed E-state index contributed by atoms with van der Waals surface area (Å²) < 4.78 is 11.0. The van der Waals surface area contributed by atoms with E-state index < -0.39 is 5.41 Å². The first kappa shape index (κ1) is 44.9. The maximum atomic E-state index is 12.6. The highest BCUT2D eigenvalue weighted by Gasteiger charge is 2.28. The van der Waals surface area contributed by atoms with E-state index in [1.165, 1.54) is 83.5 Å². The maximum absolute atomic E-state index is 12.6. The lowest BCUT2D eigenvalue weighted by Crippen LogP contribution is -2.28. The molecular weight excluding hydrogens is 574 g/mol. The Morgan fingerprint density at radius 1 is 0.609 bits per heavy atom. The van der Waals surface area contributed by atoms with Gasteiger partial charge in [0, 0.05) is 19.6 Å². The van der Waals surface area contributed by atoms with Crippen LogP contribution in [0.5, 0.6) is 0 Å². The standard InChI is InChI=1S/C40H79NO5/c1-6-7-8-9-10-18-25-35-45-38(43)29-21-14-11-16-23-31-41(33-27-34-42)32-24-17-15-22-30-40(4,5)39(44)46-36-26-19-12-13-20-28-37(2)3/h37,42H,6-36H2,1-5H3. The molecule has 0 heterocycles. The summed E-state index contributed by atoms with van der Waals surface area (Å²) in [7, 11) is 0. The van der Waals surface area contributed by atoms with Gasteiger partial charge in [-0.2, -0.15) is 0 Å². The molecule has 0 rings (SSSR count). The number of aliphatic hydroxyl groups excluding tert-OH is 1. The minimum Gasteiger partial charge on any atom is -0.466 e. The molecular formula is C40H79NO5. The van der Waals surface area contributed by atoms with E-state index >= 15 is 0 Å². The number of hydrogen-bond acceptors (Lipinski definition) is 6. The van der Waals surface area contributed by atoms with E-state index in [4.69, 9.17) is 9.47 Å². The van der Waals surface area contributed by atoms with Crippen LogP contribution in [0.15, 0.2) is 0 Å². The van der Waals surface area contributed by atoms with Gasteiger partial charge in [-0.15, -0.1) is 0 Å². The molecule has 0 amide bonds. The van der Waals surface area contributed by atoms with Crippen molar-refractivity contribution in [2.75, 3.05) is 39.5 Å². The van der Waals surface area contributed by atoms with Crippen molar-refractivity contribution in [1.82, 2.24) is 4.90 Å². The molecule has 0 aromatic heterocycles. The fourth-order valence-electron chi connectivity index (χ4n) is 5.99. The highest BCUT2D eigenvalue weighted by atomic mass is 16.5. The summed E-state index contributed by atoms with van der Waals surface area (Å²) in [5, 5.41) is 9.34. The van der Waals surface area contributed by atoms with Gasteiger partial charge in [-0.1, -0.05) is 130 Å². The summed E-state index contributed by atoms with van der Waals surface area (Å²) in [5.74, 6) is 0.723. The lowest BCUT2D eigenvalue weighted by Gasteiger charge is -2.23. The van der Waals surface area contributed by atoms with Crippen LogP contribution >= 0.6 is 0 Å². The average Bonchev–Trinajstić information content (AvgIpc) is 3.02. The van der Waals surface area contributed by atoms with Gasteiger partial charge in [-0.05, 0) is 77.8 Å². The van der Waals surface area contributed by atoms with Crippen molar-refractivity contribution in [3.8, 4) is 0 Å². The van der Waals surface area contributed by atoms with Gasteiger partial charge < -0.3 is 19.5 Å². The first-order valence-corrected chi connectivity index (χ1v) is 19.9. The number of ether oxygens (including phenoxy) is 2. The number of esters is 2.